The first-order valence-electron chi connectivity index (χ1n) is 4.81. The summed E-state index contributed by atoms with van der Waals surface area (Å²) in [5.41, 5.74) is 0.745. The van der Waals surface area contributed by atoms with Crippen LogP contribution < -0.4 is 5.32 Å². The van der Waals surface area contributed by atoms with Crippen LogP contribution in [-0.2, 0) is 0 Å². The maximum Gasteiger partial charge on any atom is 0.0201 e. The molecule has 0 aromatic rings. The van der Waals surface area contributed by atoms with Crippen LogP contribution in [0.5, 0.6) is 0 Å². The summed E-state index contributed by atoms with van der Waals surface area (Å²) >= 11 is 2.42. The predicted octanol–water partition coefficient (Wildman–Crippen LogP) is 1.80. The van der Waals surface area contributed by atoms with Gasteiger partial charge in [0.2, 0.25) is 0 Å². The fourth-order valence-electron chi connectivity index (χ4n) is 2.56. The SMILES string of the molecule is CN(I)C1CC2(CCNCC2)C1. The highest BCUT2D eigenvalue weighted by molar-refractivity contribution is 14.1. The van der Waals surface area contributed by atoms with Crippen LogP contribution in [0.2, 0.25) is 0 Å². The summed E-state index contributed by atoms with van der Waals surface area (Å²) in [6.07, 6.45) is 5.70. The summed E-state index contributed by atoms with van der Waals surface area (Å²) in [6.45, 7) is 2.50. The zero-order valence-corrected chi connectivity index (χ0v) is 9.80. The third-order valence-corrected chi connectivity index (χ3v) is 4.29. The Kier molecular flexibility index (Phi) is 2.63. The minimum atomic E-state index is 0.745. The first-order chi connectivity index (χ1) is 5.72. The van der Waals surface area contributed by atoms with Crippen molar-refractivity contribution in [3.63, 3.8) is 0 Å². The summed E-state index contributed by atoms with van der Waals surface area (Å²) in [5.74, 6) is 0. The van der Waals surface area contributed by atoms with Crippen LogP contribution in [0.25, 0.3) is 0 Å². The zero-order chi connectivity index (χ0) is 8.60. The third kappa shape index (κ3) is 1.63. The summed E-state index contributed by atoms with van der Waals surface area (Å²) in [6, 6.07) is 0.865. The Morgan fingerprint density at radius 2 is 1.92 bits per heavy atom. The zero-order valence-electron chi connectivity index (χ0n) is 7.65. The maximum absolute atomic E-state index is 3.44. The lowest BCUT2D eigenvalue weighted by atomic mass is 9.61. The molecule has 1 aliphatic heterocycles. The molecule has 2 nitrogen and oxygen atoms in total. The topological polar surface area (TPSA) is 15.3 Å². The van der Waals surface area contributed by atoms with Crippen LogP contribution in [0.1, 0.15) is 25.7 Å². The van der Waals surface area contributed by atoms with Gasteiger partial charge in [0.1, 0.15) is 0 Å². The normalized spacial score (nSPS) is 29.2. The maximum atomic E-state index is 3.44. The summed E-state index contributed by atoms with van der Waals surface area (Å²) in [4.78, 5) is 0. The van der Waals surface area contributed by atoms with Gasteiger partial charge in [-0.15, -0.1) is 0 Å². The molecule has 0 amide bonds. The van der Waals surface area contributed by atoms with E-state index < -0.39 is 0 Å². The van der Waals surface area contributed by atoms with Crippen molar-refractivity contribution in [1.29, 1.82) is 0 Å². The van der Waals surface area contributed by atoms with Gasteiger partial charge in [-0.25, -0.2) is 3.11 Å². The van der Waals surface area contributed by atoms with Crippen LogP contribution in [-0.4, -0.2) is 29.3 Å². The van der Waals surface area contributed by atoms with Crippen molar-refractivity contribution < 1.29 is 0 Å². The summed E-state index contributed by atoms with van der Waals surface area (Å²) in [7, 11) is 2.19. The van der Waals surface area contributed by atoms with Crippen molar-refractivity contribution in [3.05, 3.63) is 0 Å². The Morgan fingerprint density at radius 1 is 1.33 bits per heavy atom. The Balaban J connectivity index is 1.84. The first kappa shape index (κ1) is 9.21. The third-order valence-electron chi connectivity index (χ3n) is 3.50. The fraction of sp³-hybridized carbons (Fsp3) is 1.00. The van der Waals surface area contributed by atoms with Crippen molar-refractivity contribution in [2.45, 2.75) is 31.7 Å². The summed E-state index contributed by atoms with van der Waals surface area (Å²) < 4.78 is 2.35. The molecule has 2 fully saturated rings. The number of nitrogens with zero attached hydrogens (tertiary/aromatic N) is 1. The minimum Gasteiger partial charge on any atom is -0.317 e. The quantitative estimate of drug-likeness (QED) is 0.582. The van der Waals surface area contributed by atoms with E-state index in [1.54, 1.807) is 0 Å². The average molecular weight is 280 g/mol. The van der Waals surface area contributed by atoms with Crippen LogP contribution in [0.15, 0.2) is 0 Å². The molecule has 12 heavy (non-hydrogen) atoms. The molecule has 0 bridgehead atoms. The van der Waals surface area contributed by atoms with Gasteiger partial charge in [-0.2, -0.15) is 0 Å². The second-order valence-electron chi connectivity index (χ2n) is 4.34. The fourth-order valence-corrected chi connectivity index (χ4v) is 2.95. The van der Waals surface area contributed by atoms with E-state index in [-0.39, 0.29) is 0 Å². The van der Waals surface area contributed by atoms with E-state index in [0.717, 1.165) is 11.5 Å². The van der Waals surface area contributed by atoms with Gasteiger partial charge in [0.05, 0.1) is 0 Å². The van der Waals surface area contributed by atoms with Gasteiger partial charge >= 0.3 is 0 Å². The van der Waals surface area contributed by atoms with E-state index in [2.05, 4.69) is 38.3 Å². The standard InChI is InChI=1S/C9H17IN2/c1-12(10)8-6-9(7-8)2-4-11-5-3-9/h8,11H,2-7H2,1H3. The molecule has 2 rings (SSSR count). The number of halogens is 1. The van der Waals surface area contributed by atoms with Gasteiger partial charge in [-0.1, -0.05) is 0 Å². The van der Waals surface area contributed by atoms with E-state index >= 15 is 0 Å². The number of hydrogen-bond acceptors (Lipinski definition) is 2. The van der Waals surface area contributed by atoms with Gasteiger partial charge in [-0.05, 0) is 51.2 Å². The molecule has 1 aliphatic carbocycles. The molecule has 1 N–H and O–H groups in total. The molecule has 3 heteroatoms. The van der Waals surface area contributed by atoms with E-state index in [9.17, 15) is 0 Å². The second-order valence-corrected chi connectivity index (χ2v) is 5.86. The predicted molar refractivity (Wildman–Crippen MR) is 59.3 cm³/mol. The van der Waals surface area contributed by atoms with Gasteiger partial charge in [0.25, 0.3) is 0 Å². The summed E-state index contributed by atoms with van der Waals surface area (Å²) in [5, 5.41) is 3.44. The molecule has 1 heterocycles. The minimum absolute atomic E-state index is 0.745. The average Bonchev–Trinajstić information content (AvgIpc) is 2.01. The number of rotatable bonds is 1. The Labute approximate surface area is 88.6 Å². The van der Waals surface area contributed by atoms with Crippen LogP contribution in [0, 0.1) is 5.41 Å². The molecule has 1 spiro atoms. The largest absolute Gasteiger partial charge is 0.317 e. The van der Waals surface area contributed by atoms with Crippen LogP contribution in [0.3, 0.4) is 0 Å². The van der Waals surface area contributed by atoms with E-state index in [4.69, 9.17) is 0 Å². The van der Waals surface area contributed by atoms with E-state index in [0.29, 0.717) is 0 Å². The molecule has 70 valence electrons. The number of piperidine rings is 1. The first-order valence-corrected chi connectivity index (χ1v) is 5.78. The van der Waals surface area contributed by atoms with Crippen molar-refractivity contribution in [2.24, 2.45) is 5.41 Å². The Morgan fingerprint density at radius 3 is 2.42 bits per heavy atom. The molecule has 0 aromatic carbocycles. The second kappa shape index (κ2) is 3.42. The molecule has 2 aliphatic rings. The molecule has 0 atom stereocenters. The lowest BCUT2D eigenvalue weighted by Crippen LogP contribution is -2.51. The van der Waals surface area contributed by atoms with E-state index in [1.807, 2.05) is 0 Å². The highest BCUT2D eigenvalue weighted by Gasteiger charge is 2.45. The lowest BCUT2D eigenvalue weighted by molar-refractivity contribution is 0.0278. The molecule has 1 saturated carbocycles. The van der Waals surface area contributed by atoms with Gasteiger partial charge < -0.3 is 5.32 Å². The van der Waals surface area contributed by atoms with Gasteiger partial charge in [0.15, 0.2) is 0 Å². The number of nitrogens with one attached hydrogen (secondary N) is 1. The van der Waals surface area contributed by atoms with E-state index in [1.165, 1.54) is 38.8 Å². The molecule has 0 aromatic heterocycles. The Hall–Kier alpha value is 0.650. The smallest absolute Gasteiger partial charge is 0.0201 e. The molecule has 0 unspecified atom stereocenters. The highest BCUT2D eigenvalue weighted by atomic mass is 127. The molecular formula is C9H17IN2. The number of hydrogen-bond donors (Lipinski definition) is 1. The van der Waals surface area contributed by atoms with Crippen molar-refractivity contribution in [1.82, 2.24) is 8.43 Å². The van der Waals surface area contributed by atoms with Gasteiger partial charge in [-0.3, -0.25) is 0 Å². The lowest BCUT2D eigenvalue weighted by Gasteiger charge is -2.52. The molecule has 1 saturated heterocycles. The van der Waals surface area contributed by atoms with Crippen molar-refractivity contribution in [2.75, 3.05) is 20.1 Å². The highest BCUT2D eigenvalue weighted by Crippen LogP contribution is 2.50. The monoisotopic (exact) mass is 280 g/mol. The van der Waals surface area contributed by atoms with Crippen molar-refractivity contribution in [3.8, 4) is 0 Å². The van der Waals surface area contributed by atoms with Crippen LogP contribution >= 0.6 is 22.9 Å². The Bertz CT molecular complexity index is 156. The molecule has 0 radical (unpaired) electrons. The molecular weight excluding hydrogens is 263 g/mol. The van der Waals surface area contributed by atoms with Crippen molar-refractivity contribution >= 4 is 22.9 Å². The van der Waals surface area contributed by atoms with Gasteiger partial charge in [0, 0.05) is 28.9 Å². The van der Waals surface area contributed by atoms with Crippen LogP contribution in [0.4, 0.5) is 0 Å².